The molecule has 0 unspecified atom stereocenters. The number of methoxy groups -OCH3 is 1. The number of nitrogens with two attached hydrogens (primary N) is 1. The second-order valence-corrected chi connectivity index (χ2v) is 4.69. The van der Waals surface area contributed by atoms with E-state index in [2.05, 4.69) is 23.0 Å². The van der Waals surface area contributed by atoms with Gasteiger partial charge in [0, 0.05) is 12.0 Å². The maximum Gasteiger partial charge on any atom is 0.128 e. The van der Waals surface area contributed by atoms with Gasteiger partial charge in [-0.3, -0.25) is 0 Å². The zero-order valence-electron chi connectivity index (χ0n) is 11.6. The maximum absolute atomic E-state index is 5.50. The van der Waals surface area contributed by atoms with Gasteiger partial charge in [0.25, 0.3) is 0 Å². The van der Waals surface area contributed by atoms with E-state index in [4.69, 9.17) is 10.5 Å². The lowest BCUT2D eigenvalue weighted by Gasteiger charge is -2.07. The highest BCUT2D eigenvalue weighted by atomic mass is 16.5. The van der Waals surface area contributed by atoms with Gasteiger partial charge in [0.1, 0.15) is 11.6 Å². The van der Waals surface area contributed by atoms with E-state index in [1.807, 2.05) is 18.3 Å². The van der Waals surface area contributed by atoms with Crippen LogP contribution in [0.15, 0.2) is 24.4 Å². The van der Waals surface area contributed by atoms with Crippen molar-refractivity contribution in [1.29, 1.82) is 0 Å². The minimum absolute atomic E-state index is 0.735. The minimum Gasteiger partial charge on any atom is -0.496 e. The number of H-pyrrole nitrogens is 1. The third-order valence-corrected chi connectivity index (χ3v) is 3.14. The first-order chi connectivity index (χ1) is 9.24. The molecular weight excluding hydrogens is 238 g/mol. The van der Waals surface area contributed by atoms with Crippen LogP contribution in [-0.2, 0) is 6.42 Å². The van der Waals surface area contributed by atoms with E-state index in [0.29, 0.717) is 0 Å². The number of hydrogen-bond donors (Lipinski definition) is 2. The van der Waals surface area contributed by atoms with Crippen LogP contribution in [0.25, 0.3) is 11.3 Å². The Labute approximate surface area is 114 Å². The molecule has 0 atom stereocenters. The summed E-state index contributed by atoms with van der Waals surface area (Å²) in [6.07, 6.45) is 4.90. The quantitative estimate of drug-likeness (QED) is 0.784. The van der Waals surface area contributed by atoms with Gasteiger partial charge < -0.3 is 15.5 Å². The second-order valence-electron chi connectivity index (χ2n) is 4.69. The first-order valence-corrected chi connectivity index (χ1v) is 6.63. The van der Waals surface area contributed by atoms with Crippen molar-refractivity contribution in [3.63, 3.8) is 0 Å². The van der Waals surface area contributed by atoms with Gasteiger partial charge in [-0.15, -0.1) is 0 Å². The summed E-state index contributed by atoms with van der Waals surface area (Å²) in [7, 11) is 1.69. The van der Waals surface area contributed by atoms with Gasteiger partial charge in [-0.05, 0) is 38.4 Å². The molecule has 4 heteroatoms. The van der Waals surface area contributed by atoms with Crippen molar-refractivity contribution in [3.8, 4) is 17.0 Å². The molecule has 102 valence electrons. The fourth-order valence-electron chi connectivity index (χ4n) is 2.10. The highest BCUT2D eigenvalue weighted by Crippen LogP contribution is 2.29. The number of imidazole rings is 1. The van der Waals surface area contributed by atoms with Crippen LogP contribution in [0.3, 0.4) is 0 Å². The Kier molecular flexibility index (Phi) is 4.58. The van der Waals surface area contributed by atoms with Crippen molar-refractivity contribution in [2.24, 2.45) is 5.73 Å². The van der Waals surface area contributed by atoms with Crippen LogP contribution in [-0.4, -0.2) is 23.6 Å². The molecule has 0 amide bonds. The second kappa shape index (κ2) is 6.38. The summed E-state index contributed by atoms with van der Waals surface area (Å²) in [6, 6.07) is 6.14. The summed E-state index contributed by atoms with van der Waals surface area (Å²) in [5.41, 5.74) is 8.76. The zero-order chi connectivity index (χ0) is 13.7. The van der Waals surface area contributed by atoms with Crippen molar-refractivity contribution < 1.29 is 4.74 Å². The molecule has 0 aliphatic carbocycles. The molecule has 0 radical (unpaired) electrons. The van der Waals surface area contributed by atoms with Crippen LogP contribution in [0.5, 0.6) is 5.75 Å². The minimum atomic E-state index is 0.735. The number of aryl methyl sites for hydroxylation is 2. The predicted molar refractivity (Wildman–Crippen MR) is 77.3 cm³/mol. The van der Waals surface area contributed by atoms with E-state index < -0.39 is 0 Å². The van der Waals surface area contributed by atoms with Crippen LogP contribution >= 0.6 is 0 Å². The fraction of sp³-hybridized carbons (Fsp3) is 0.400. The third-order valence-electron chi connectivity index (χ3n) is 3.14. The third kappa shape index (κ3) is 3.35. The first-order valence-electron chi connectivity index (χ1n) is 6.63. The molecule has 0 aliphatic heterocycles. The molecule has 2 rings (SSSR count). The molecule has 0 saturated heterocycles. The number of unbranched alkanes of at least 4 members (excludes halogenated alkanes) is 1. The van der Waals surface area contributed by atoms with Crippen molar-refractivity contribution in [2.45, 2.75) is 26.2 Å². The molecule has 19 heavy (non-hydrogen) atoms. The normalized spacial score (nSPS) is 10.7. The average molecular weight is 259 g/mol. The summed E-state index contributed by atoms with van der Waals surface area (Å²) in [4.78, 5) is 7.78. The highest BCUT2D eigenvalue weighted by molar-refractivity contribution is 5.67. The van der Waals surface area contributed by atoms with Crippen molar-refractivity contribution in [1.82, 2.24) is 9.97 Å². The average Bonchev–Trinajstić information content (AvgIpc) is 2.88. The van der Waals surface area contributed by atoms with Gasteiger partial charge in [0.2, 0.25) is 0 Å². The van der Waals surface area contributed by atoms with E-state index in [-0.39, 0.29) is 0 Å². The fourth-order valence-corrected chi connectivity index (χ4v) is 2.10. The smallest absolute Gasteiger partial charge is 0.128 e. The molecule has 1 heterocycles. The number of aromatic nitrogens is 2. The van der Waals surface area contributed by atoms with E-state index in [9.17, 15) is 0 Å². The van der Waals surface area contributed by atoms with Crippen LogP contribution in [0.1, 0.15) is 24.2 Å². The summed E-state index contributed by atoms with van der Waals surface area (Å²) in [5, 5.41) is 0. The van der Waals surface area contributed by atoms with E-state index >= 15 is 0 Å². The number of aromatic amines is 1. The van der Waals surface area contributed by atoms with Crippen LogP contribution < -0.4 is 10.5 Å². The monoisotopic (exact) mass is 259 g/mol. The van der Waals surface area contributed by atoms with Crippen LogP contribution in [0.2, 0.25) is 0 Å². The molecule has 1 aromatic heterocycles. The van der Waals surface area contributed by atoms with Crippen LogP contribution in [0.4, 0.5) is 0 Å². The molecule has 0 saturated carbocycles. The first kappa shape index (κ1) is 13.6. The zero-order valence-corrected chi connectivity index (χ0v) is 11.6. The molecule has 0 spiro atoms. The number of nitrogens with one attached hydrogen (secondary N) is 1. The molecule has 2 aromatic rings. The number of rotatable bonds is 6. The predicted octanol–water partition coefficient (Wildman–Crippen LogP) is 2.68. The van der Waals surface area contributed by atoms with Gasteiger partial charge in [-0.25, -0.2) is 4.98 Å². The summed E-state index contributed by atoms with van der Waals surface area (Å²) < 4.78 is 5.40. The maximum atomic E-state index is 5.50. The Morgan fingerprint density at radius 1 is 1.32 bits per heavy atom. The number of nitrogens with zero attached hydrogens (tertiary/aromatic N) is 1. The summed E-state index contributed by atoms with van der Waals surface area (Å²) >= 11 is 0. The lowest BCUT2D eigenvalue weighted by molar-refractivity contribution is 0.416. The Hall–Kier alpha value is -1.81. The number of benzene rings is 1. The molecule has 0 fully saturated rings. The molecule has 3 N–H and O–H groups in total. The van der Waals surface area contributed by atoms with Crippen molar-refractivity contribution in [3.05, 3.63) is 35.8 Å². The van der Waals surface area contributed by atoms with E-state index in [0.717, 1.165) is 48.6 Å². The summed E-state index contributed by atoms with van der Waals surface area (Å²) in [5.74, 6) is 1.87. The van der Waals surface area contributed by atoms with Gasteiger partial charge in [0.05, 0.1) is 19.0 Å². The Bertz CT molecular complexity index is 534. The SMILES string of the molecule is COc1ccc(C)cc1-c1cnc(CCCCN)[nH]1. The molecule has 4 nitrogen and oxygen atoms in total. The lowest BCUT2D eigenvalue weighted by Crippen LogP contribution is -1.99. The Balaban J connectivity index is 2.20. The standard InChI is InChI=1S/C15H21N3O/c1-11-6-7-14(19-2)12(9-11)13-10-17-15(18-13)5-3-4-8-16/h6-7,9-10H,3-5,8,16H2,1-2H3,(H,17,18). The highest BCUT2D eigenvalue weighted by Gasteiger charge is 2.09. The van der Waals surface area contributed by atoms with Crippen molar-refractivity contribution in [2.75, 3.05) is 13.7 Å². The van der Waals surface area contributed by atoms with Gasteiger partial charge in [-0.1, -0.05) is 11.6 Å². The number of hydrogen-bond acceptors (Lipinski definition) is 3. The molecule has 1 aromatic carbocycles. The molecular formula is C15H21N3O. The lowest BCUT2D eigenvalue weighted by atomic mass is 10.1. The largest absolute Gasteiger partial charge is 0.496 e. The Morgan fingerprint density at radius 2 is 2.16 bits per heavy atom. The van der Waals surface area contributed by atoms with Gasteiger partial charge in [0.15, 0.2) is 0 Å². The van der Waals surface area contributed by atoms with Gasteiger partial charge >= 0.3 is 0 Å². The van der Waals surface area contributed by atoms with Crippen LogP contribution in [0, 0.1) is 6.92 Å². The van der Waals surface area contributed by atoms with Crippen molar-refractivity contribution >= 4 is 0 Å². The number of ether oxygens (including phenoxy) is 1. The van der Waals surface area contributed by atoms with E-state index in [1.165, 1.54) is 5.56 Å². The Morgan fingerprint density at radius 3 is 2.89 bits per heavy atom. The molecule has 0 bridgehead atoms. The summed E-state index contributed by atoms with van der Waals surface area (Å²) in [6.45, 7) is 2.81. The topological polar surface area (TPSA) is 63.9 Å². The van der Waals surface area contributed by atoms with Gasteiger partial charge in [-0.2, -0.15) is 0 Å². The van der Waals surface area contributed by atoms with E-state index in [1.54, 1.807) is 7.11 Å². The molecule has 0 aliphatic rings.